The molecule has 0 radical (unpaired) electrons. The Balaban J connectivity index is 1.79. The summed E-state index contributed by atoms with van der Waals surface area (Å²) in [5, 5.41) is 5.35. The minimum absolute atomic E-state index is 0.298. The van der Waals surface area contributed by atoms with Crippen LogP contribution in [0.15, 0.2) is 42.5 Å². The number of para-hydroxylation sites is 1. The van der Waals surface area contributed by atoms with Crippen LogP contribution < -0.4 is 15.4 Å². The second kappa shape index (κ2) is 6.33. The number of methoxy groups -OCH3 is 1. The smallest absolute Gasteiger partial charge is 0.292 e. The molecule has 0 spiro atoms. The Morgan fingerprint density at radius 2 is 1.96 bits per heavy atom. The molecule has 0 aliphatic carbocycles. The molecule has 2 aromatic rings. The summed E-state index contributed by atoms with van der Waals surface area (Å²) in [6.07, 6.45) is 0. The van der Waals surface area contributed by atoms with Crippen LogP contribution in [0.25, 0.3) is 0 Å². The highest BCUT2D eigenvalue weighted by atomic mass is 35.5. The van der Waals surface area contributed by atoms with Crippen LogP contribution in [0.4, 0.5) is 11.4 Å². The lowest BCUT2D eigenvalue weighted by molar-refractivity contribution is -0.138. The van der Waals surface area contributed by atoms with Crippen LogP contribution in [-0.4, -0.2) is 24.7 Å². The Kier molecular flexibility index (Phi) is 4.22. The van der Waals surface area contributed by atoms with Crippen molar-refractivity contribution in [1.82, 2.24) is 0 Å². The van der Waals surface area contributed by atoms with Crippen molar-refractivity contribution in [1.29, 1.82) is 0 Å². The van der Waals surface area contributed by atoms with E-state index in [0.29, 0.717) is 27.7 Å². The molecule has 24 heavy (non-hydrogen) atoms. The Hall–Kier alpha value is -2.86. The van der Waals surface area contributed by atoms with Gasteiger partial charge in [0.15, 0.2) is 0 Å². The summed E-state index contributed by atoms with van der Waals surface area (Å²) in [5.74, 6) is -2.92. The molecule has 0 saturated carbocycles. The number of hydrogen-bond acceptors (Lipinski definition) is 4. The summed E-state index contributed by atoms with van der Waals surface area (Å²) < 4.78 is 5.02. The molecule has 2 N–H and O–H groups in total. The lowest BCUT2D eigenvalue weighted by Gasteiger charge is -2.10. The summed E-state index contributed by atoms with van der Waals surface area (Å²) in [6.45, 7) is 0. The molecule has 2 amide bonds. The predicted octanol–water partition coefficient (Wildman–Crippen LogP) is 2.59. The molecule has 0 saturated heterocycles. The van der Waals surface area contributed by atoms with Crippen LogP contribution in [0.1, 0.15) is 11.5 Å². The zero-order chi connectivity index (χ0) is 17.3. The maximum Gasteiger partial charge on any atom is 0.292 e. The highest BCUT2D eigenvalue weighted by Gasteiger charge is 2.39. The standard InChI is InChI=1S/C17H13ClN2O4/c1-24-13-7-6-9(8-11(13)18)19-17(23)15(21)14-10-4-2-3-5-12(10)20-16(14)22/h2-8,14H,1H3,(H,19,23)(H,20,22). The van der Waals surface area contributed by atoms with E-state index in [4.69, 9.17) is 16.3 Å². The summed E-state index contributed by atoms with van der Waals surface area (Å²) in [7, 11) is 1.47. The van der Waals surface area contributed by atoms with Gasteiger partial charge in [-0.15, -0.1) is 0 Å². The number of benzene rings is 2. The molecule has 2 aromatic carbocycles. The third kappa shape index (κ3) is 2.83. The molecule has 1 heterocycles. The molecule has 0 bridgehead atoms. The van der Waals surface area contributed by atoms with Gasteiger partial charge >= 0.3 is 0 Å². The van der Waals surface area contributed by atoms with Crippen molar-refractivity contribution in [3.05, 3.63) is 53.1 Å². The zero-order valence-corrected chi connectivity index (χ0v) is 13.4. The zero-order valence-electron chi connectivity index (χ0n) is 12.6. The number of carbonyl (C=O) groups excluding carboxylic acids is 3. The van der Waals surface area contributed by atoms with Crippen molar-refractivity contribution in [3.8, 4) is 5.75 Å². The van der Waals surface area contributed by atoms with Crippen LogP contribution in [-0.2, 0) is 14.4 Å². The lowest BCUT2D eigenvalue weighted by Crippen LogP contribution is -2.31. The average molecular weight is 345 g/mol. The van der Waals surface area contributed by atoms with E-state index < -0.39 is 23.5 Å². The predicted molar refractivity (Wildman–Crippen MR) is 89.5 cm³/mol. The van der Waals surface area contributed by atoms with Gasteiger partial charge in [-0.2, -0.15) is 0 Å². The molecule has 7 heteroatoms. The topological polar surface area (TPSA) is 84.5 Å². The SMILES string of the molecule is COc1ccc(NC(=O)C(=O)C2C(=O)Nc3ccccc32)cc1Cl. The van der Waals surface area contributed by atoms with E-state index in [-0.39, 0.29) is 0 Å². The molecular formula is C17H13ClN2O4. The van der Waals surface area contributed by atoms with Gasteiger partial charge in [0.1, 0.15) is 11.7 Å². The number of hydrogen-bond donors (Lipinski definition) is 2. The Morgan fingerprint density at radius 3 is 2.67 bits per heavy atom. The number of carbonyl (C=O) groups is 3. The number of fused-ring (bicyclic) bond motifs is 1. The fraction of sp³-hybridized carbons (Fsp3) is 0.118. The number of ketones is 1. The maximum absolute atomic E-state index is 12.4. The highest BCUT2D eigenvalue weighted by Crippen LogP contribution is 2.33. The monoisotopic (exact) mass is 344 g/mol. The van der Waals surface area contributed by atoms with Gasteiger partial charge in [0, 0.05) is 11.4 Å². The number of amides is 2. The fourth-order valence-electron chi connectivity index (χ4n) is 2.54. The normalized spacial score (nSPS) is 15.4. The number of anilines is 2. The van der Waals surface area contributed by atoms with Gasteiger partial charge in [0.25, 0.3) is 5.91 Å². The average Bonchev–Trinajstić information content (AvgIpc) is 2.90. The van der Waals surface area contributed by atoms with Gasteiger partial charge in [-0.05, 0) is 29.8 Å². The molecule has 1 aliphatic heterocycles. The molecule has 6 nitrogen and oxygen atoms in total. The second-order valence-corrected chi connectivity index (χ2v) is 5.58. The highest BCUT2D eigenvalue weighted by molar-refractivity contribution is 6.47. The molecule has 0 aromatic heterocycles. The second-order valence-electron chi connectivity index (χ2n) is 5.18. The van der Waals surface area contributed by atoms with Crippen LogP contribution in [0, 0.1) is 0 Å². The number of ether oxygens (including phenoxy) is 1. The summed E-state index contributed by atoms with van der Waals surface area (Å²) in [4.78, 5) is 36.6. The maximum atomic E-state index is 12.4. The van der Waals surface area contributed by atoms with E-state index in [9.17, 15) is 14.4 Å². The van der Waals surface area contributed by atoms with E-state index in [0.717, 1.165) is 0 Å². The van der Waals surface area contributed by atoms with Crippen molar-refractivity contribution in [2.45, 2.75) is 5.92 Å². The largest absolute Gasteiger partial charge is 0.495 e. The van der Waals surface area contributed by atoms with E-state index in [1.165, 1.54) is 13.2 Å². The van der Waals surface area contributed by atoms with Gasteiger partial charge in [-0.25, -0.2) is 0 Å². The Labute approximate surface area is 142 Å². The van der Waals surface area contributed by atoms with Crippen molar-refractivity contribution >= 4 is 40.6 Å². The summed E-state index contributed by atoms with van der Waals surface area (Å²) >= 11 is 5.98. The van der Waals surface area contributed by atoms with Crippen LogP contribution in [0.2, 0.25) is 5.02 Å². The van der Waals surface area contributed by atoms with Crippen molar-refractivity contribution in [3.63, 3.8) is 0 Å². The van der Waals surface area contributed by atoms with Gasteiger partial charge in [0.2, 0.25) is 11.7 Å². The molecule has 122 valence electrons. The first-order chi connectivity index (χ1) is 11.5. The number of halogens is 1. The third-order valence-electron chi connectivity index (χ3n) is 3.69. The Morgan fingerprint density at radius 1 is 1.21 bits per heavy atom. The van der Waals surface area contributed by atoms with Gasteiger partial charge < -0.3 is 15.4 Å². The third-order valence-corrected chi connectivity index (χ3v) is 3.98. The minimum Gasteiger partial charge on any atom is -0.495 e. The van der Waals surface area contributed by atoms with Crippen LogP contribution in [0.3, 0.4) is 0 Å². The molecule has 1 atom stereocenters. The van der Waals surface area contributed by atoms with E-state index in [2.05, 4.69) is 10.6 Å². The molecular weight excluding hydrogens is 332 g/mol. The summed E-state index contributed by atoms with van der Waals surface area (Å²) in [5.41, 5.74) is 1.38. The van der Waals surface area contributed by atoms with Crippen LogP contribution >= 0.6 is 11.6 Å². The van der Waals surface area contributed by atoms with Gasteiger partial charge in [-0.1, -0.05) is 29.8 Å². The lowest BCUT2D eigenvalue weighted by atomic mass is 9.95. The van der Waals surface area contributed by atoms with Crippen LogP contribution in [0.5, 0.6) is 5.75 Å². The van der Waals surface area contributed by atoms with E-state index >= 15 is 0 Å². The van der Waals surface area contributed by atoms with Gasteiger partial charge in [0.05, 0.1) is 12.1 Å². The van der Waals surface area contributed by atoms with Crippen molar-refractivity contribution < 1.29 is 19.1 Å². The van der Waals surface area contributed by atoms with Crippen molar-refractivity contribution in [2.24, 2.45) is 0 Å². The molecule has 1 aliphatic rings. The van der Waals surface area contributed by atoms with Gasteiger partial charge in [-0.3, -0.25) is 14.4 Å². The quantitative estimate of drug-likeness (QED) is 0.659. The Bertz CT molecular complexity index is 850. The van der Waals surface area contributed by atoms with E-state index in [1.807, 2.05) is 0 Å². The summed E-state index contributed by atoms with van der Waals surface area (Å²) in [6, 6.07) is 11.4. The fourth-order valence-corrected chi connectivity index (χ4v) is 2.79. The minimum atomic E-state index is -1.14. The first-order valence-electron chi connectivity index (χ1n) is 7.10. The number of nitrogens with one attached hydrogen (secondary N) is 2. The molecule has 3 rings (SSSR count). The first-order valence-corrected chi connectivity index (χ1v) is 7.47. The molecule has 0 fully saturated rings. The van der Waals surface area contributed by atoms with E-state index in [1.54, 1.807) is 36.4 Å². The molecule has 1 unspecified atom stereocenters. The number of Topliss-reactive ketones (excluding diaryl/α,β-unsaturated/α-hetero) is 1. The number of rotatable bonds is 4. The van der Waals surface area contributed by atoms with Crippen molar-refractivity contribution in [2.75, 3.05) is 17.7 Å². The first kappa shape index (κ1) is 16.0.